The molecule has 0 radical (unpaired) electrons. The molecule has 0 aliphatic carbocycles. The number of hydrogen-bond donors (Lipinski definition) is 4. The van der Waals surface area contributed by atoms with Crippen LogP contribution in [0.15, 0.2) is 12.1 Å². The first-order chi connectivity index (χ1) is 12.4. The van der Waals surface area contributed by atoms with E-state index < -0.39 is 23.9 Å². The molecule has 1 aromatic rings. The van der Waals surface area contributed by atoms with Crippen LogP contribution in [0.3, 0.4) is 0 Å². The number of carbonyl (C=O) groups is 1. The average molecular weight is 396 g/mol. The molecule has 4 N–H and O–H groups in total. The van der Waals surface area contributed by atoms with Crippen LogP contribution >= 0.6 is 0 Å². The molecule has 6 nitrogen and oxygen atoms in total. The van der Waals surface area contributed by atoms with Crippen molar-refractivity contribution in [1.29, 1.82) is 0 Å². The van der Waals surface area contributed by atoms with Crippen LogP contribution < -0.4 is 5.32 Å². The van der Waals surface area contributed by atoms with Crippen molar-refractivity contribution in [1.82, 2.24) is 5.32 Å². The first-order valence-corrected chi connectivity index (χ1v) is 9.64. The van der Waals surface area contributed by atoms with Gasteiger partial charge in [-0.25, -0.2) is 4.79 Å². The Morgan fingerprint density at radius 2 is 1.54 bits per heavy atom. The molecule has 0 aromatic heterocycles. The number of aliphatic hydroxyl groups is 2. The largest absolute Gasteiger partial charge is 0.507 e. The fourth-order valence-electron chi connectivity index (χ4n) is 2.71. The Morgan fingerprint density at radius 3 is 1.96 bits per heavy atom. The summed E-state index contributed by atoms with van der Waals surface area (Å²) in [6.45, 7) is 17.1. The topological polar surface area (TPSA) is 99.0 Å². The molecular formula is C22H37NO5. The van der Waals surface area contributed by atoms with E-state index in [0.717, 1.165) is 5.56 Å². The lowest BCUT2D eigenvalue weighted by Gasteiger charge is -2.29. The first-order valence-electron chi connectivity index (χ1n) is 9.64. The van der Waals surface area contributed by atoms with E-state index in [4.69, 9.17) is 4.74 Å². The van der Waals surface area contributed by atoms with Crippen molar-refractivity contribution in [3.63, 3.8) is 0 Å². The maximum Gasteiger partial charge on any atom is 0.407 e. The van der Waals surface area contributed by atoms with E-state index in [1.807, 2.05) is 47.6 Å². The molecule has 160 valence electrons. The van der Waals surface area contributed by atoms with Gasteiger partial charge in [-0.15, -0.1) is 0 Å². The molecular weight excluding hydrogens is 358 g/mol. The van der Waals surface area contributed by atoms with Crippen LogP contribution in [-0.4, -0.2) is 39.7 Å². The van der Waals surface area contributed by atoms with E-state index in [1.165, 1.54) is 0 Å². The van der Waals surface area contributed by atoms with Crippen LogP contribution in [0.1, 0.15) is 85.1 Å². The number of carbonyl (C=O) groups excluding carboxylic acids is 1. The van der Waals surface area contributed by atoms with Crippen molar-refractivity contribution < 1.29 is 24.9 Å². The van der Waals surface area contributed by atoms with Gasteiger partial charge in [0.15, 0.2) is 0 Å². The Labute approximate surface area is 168 Å². The zero-order valence-electron chi connectivity index (χ0n) is 18.7. The quantitative estimate of drug-likeness (QED) is 0.620. The highest BCUT2D eigenvalue weighted by Crippen LogP contribution is 2.40. The molecule has 0 heterocycles. The van der Waals surface area contributed by atoms with Crippen molar-refractivity contribution in [3.05, 3.63) is 28.8 Å². The molecule has 0 bridgehead atoms. The summed E-state index contributed by atoms with van der Waals surface area (Å²) < 4.78 is 5.13. The SMILES string of the molecule is CC(C)(C)OC(=O)NCC(O)C(O)c1cc(C(C)(C)C)cc(C(C)(C)C)c1O. The number of phenolic OH excluding ortho intramolecular Hbond substituents is 1. The summed E-state index contributed by atoms with van der Waals surface area (Å²) in [6, 6.07) is 3.66. The maximum absolute atomic E-state index is 11.8. The van der Waals surface area contributed by atoms with Gasteiger partial charge in [-0.05, 0) is 48.8 Å². The van der Waals surface area contributed by atoms with Crippen molar-refractivity contribution in [2.24, 2.45) is 0 Å². The van der Waals surface area contributed by atoms with Gasteiger partial charge in [0.25, 0.3) is 0 Å². The highest BCUT2D eigenvalue weighted by atomic mass is 16.6. The predicted molar refractivity (Wildman–Crippen MR) is 111 cm³/mol. The van der Waals surface area contributed by atoms with Crippen LogP contribution in [0.4, 0.5) is 4.79 Å². The van der Waals surface area contributed by atoms with E-state index in [9.17, 15) is 20.1 Å². The number of ether oxygens (including phenoxy) is 1. The number of alkyl carbamates (subject to hydrolysis) is 1. The van der Waals surface area contributed by atoms with E-state index in [2.05, 4.69) is 5.32 Å². The van der Waals surface area contributed by atoms with Gasteiger partial charge in [0.2, 0.25) is 0 Å². The Kier molecular flexibility index (Phi) is 7.18. The number of aromatic hydroxyl groups is 1. The van der Waals surface area contributed by atoms with E-state index in [-0.39, 0.29) is 28.7 Å². The van der Waals surface area contributed by atoms with Crippen LogP contribution in [0.2, 0.25) is 0 Å². The second kappa shape index (κ2) is 8.29. The van der Waals surface area contributed by atoms with Crippen molar-refractivity contribution in [2.75, 3.05) is 6.54 Å². The number of rotatable bonds is 4. The van der Waals surface area contributed by atoms with Gasteiger partial charge in [0.05, 0.1) is 0 Å². The smallest absolute Gasteiger partial charge is 0.407 e. The second-order valence-corrected chi connectivity index (χ2v) is 10.4. The molecule has 1 aromatic carbocycles. The average Bonchev–Trinajstić information content (AvgIpc) is 2.48. The van der Waals surface area contributed by atoms with E-state index in [0.29, 0.717) is 5.56 Å². The molecule has 0 aliphatic rings. The minimum atomic E-state index is -1.36. The normalized spacial score (nSPS) is 15.1. The molecule has 1 amide bonds. The number of benzene rings is 1. The minimum Gasteiger partial charge on any atom is -0.507 e. The monoisotopic (exact) mass is 395 g/mol. The molecule has 0 aliphatic heterocycles. The minimum absolute atomic E-state index is 0.0377. The Bertz CT molecular complexity index is 693. The number of nitrogens with one attached hydrogen (secondary N) is 1. The van der Waals surface area contributed by atoms with Crippen LogP contribution in [0.5, 0.6) is 5.75 Å². The van der Waals surface area contributed by atoms with Gasteiger partial charge >= 0.3 is 6.09 Å². The van der Waals surface area contributed by atoms with Gasteiger partial charge in [0, 0.05) is 12.1 Å². The van der Waals surface area contributed by atoms with Gasteiger partial charge < -0.3 is 25.4 Å². The van der Waals surface area contributed by atoms with Crippen LogP contribution in [0.25, 0.3) is 0 Å². The highest BCUT2D eigenvalue weighted by Gasteiger charge is 2.30. The summed E-state index contributed by atoms with van der Waals surface area (Å²) in [6.07, 6.45) is -3.35. The lowest BCUT2D eigenvalue weighted by atomic mass is 9.78. The number of phenols is 1. The van der Waals surface area contributed by atoms with E-state index >= 15 is 0 Å². The summed E-state index contributed by atoms with van der Waals surface area (Å²) in [4.78, 5) is 11.8. The Morgan fingerprint density at radius 1 is 1.00 bits per heavy atom. The number of aliphatic hydroxyl groups excluding tert-OH is 2. The fraction of sp³-hybridized carbons (Fsp3) is 0.682. The molecule has 2 unspecified atom stereocenters. The Balaban J connectivity index is 3.15. The molecule has 0 saturated heterocycles. The lowest BCUT2D eigenvalue weighted by Crippen LogP contribution is -2.39. The third kappa shape index (κ3) is 6.67. The van der Waals surface area contributed by atoms with Crippen molar-refractivity contribution >= 4 is 6.09 Å². The number of amides is 1. The van der Waals surface area contributed by atoms with Crippen LogP contribution in [-0.2, 0) is 15.6 Å². The van der Waals surface area contributed by atoms with Gasteiger partial charge in [-0.3, -0.25) is 0 Å². The Hall–Kier alpha value is -1.79. The lowest BCUT2D eigenvalue weighted by molar-refractivity contribution is 0.0118. The summed E-state index contributed by atoms with van der Waals surface area (Å²) in [5.74, 6) is -0.0377. The first kappa shape index (κ1) is 24.2. The molecule has 0 spiro atoms. The predicted octanol–water partition coefficient (Wildman–Crippen LogP) is 3.91. The van der Waals surface area contributed by atoms with Crippen molar-refractivity contribution in [3.8, 4) is 5.75 Å². The molecule has 0 saturated carbocycles. The molecule has 0 fully saturated rings. The van der Waals surface area contributed by atoms with Gasteiger partial charge in [0.1, 0.15) is 23.6 Å². The maximum atomic E-state index is 11.8. The zero-order valence-corrected chi connectivity index (χ0v) is 18.7. The standard InChI is InChI=1S/C22H37NO5/c1-20(2,3)13-10-14(17(25)15(11-13)21(4,5)6)18(26)16(24)12-23-19(27)28-22(7,8)9/h10-11,16,18,24-26H,12H2,1-9H3,(H,23,27). The van der Waals surface area contributed by atoms with Gasteiger partial charge in [-0.2, -0.15) is 0 Å². The summed E-state index contributed by atoms with van der Waals surface area (Å²) in [5.41, 5.74) is 0.671. The molecule has 1 rings (SSSR count). The molecule has 6 heteroatoms. The van der Waals surface area contributed by atoms with Crippen LogP contribution in [0, 0.1) is 0 Å². The van der Waals surface area contributed by atoms with E-state index in [1.54, 1.807) is 26.8 Å². The summed E-state index contributed by atoms with van der Waals surface area (Å²) >= 11 is 0. The van der Waals surface area contributed by atoms with Gasteiger partial charge in [-0.1, -0.05) is 47.6 Å². The molecule has 28 heavy (non-hydrogen) atoms. The third-order valence-corrected chi connectivity index (χ3v) is 4.35. The third-order valence-electron chi connectivity index (χ3n) is 4.35. The van der Waals surface area contributed by atoms with Crippen molar-refractivity contribution in [2.45, 2.75) is 91.0 Å². The second-order valence-electron chi connectivity index (χ2n) is 10.4. The fourth-order valence-corrected chi connectivity index (χ4v) is 2.71. The highest BCUT2D eigenvalue weighted by molar-refractivity contribution is 5.67. The summed E-state index contributed by atoms with van der Waals surface area (Å²) in [7, 11) is 0. The summed E-state index contributed by atoms with van der Waals surface area (Å²) in [5, 5.41) is 34.3. The molecule has 2 atom stereocenters. The zero-order chi connectivity index (χ0) is 22.1. The number of hydrogen-bond acceptors (Lipinski definition) is 5.